The summed E-state index contributed by atoms with van der Waals surface area (Å²) < 4.78 is 4.85. The third kappa shape index (κ3) is 6.28. The highest BCUT2D eigenvalue weighted by molar-refractivity contribution is 6.13. The van der Waals surface area contributed by atoms with E-state index in [1.165, 1.54) is 88.1 Å². The molecule has 57 heavy (non-hydrogen) atoms. The number of hydrogen-bond donors (Lipinski definition) is 0. The number of nitrogens with zero attached hydrogens (tertiary/aromatic N) is 2. The molecule has 0 amide bonds. The molecule has 0 atom stereocenters. The topological polar surface area (TPSA) is 9.86 Å². The number of aromatic nitrogens is 2. The van der Waals surface area contributed by atoms with Gasteiger partial charge in [0.25, 0.3) is 0 Å². The molecule has 0 aliphatic carbocycles. The SMILES string of the molecule is C=C/C=C\C=C/Cn1c2ccc(-c3ccc4c(c3)c3cc(-c5ccccc5)ccc3n4-c3ccc(-c4ccccc4)cc3)cc2c2ccc(-c3ccccc3)cc21. The van der Waals surface area contributed by atoms with E-state index in [1.54, 1.807) is 6.08 Å². The van der Waals surface area contributed by atoms with Crippen LogP contribution in [0.2, 0.25) is 0 Å². The lowest BCUT2D eigenvalue weighted by Gasteiger charge is -2.10. The fourth-order valence-corrected chi connectivity index (χ4v) is 8.40. The quantitative estimate of drug-likeness (QED) is 0.131. The highest BCUT2D eigenvalue weighted by Crippen LogP contribution is 2.40. The normalized spacial score (nSPS) is 11.9. The van der Waals surface area contributed by atoms with E-state index in [1.807, 2.05) is 12.2 Å². The van der Waals surface area contributed by atoms with E-state index in [0.29, 0.717) is 0 Å². The first kappa shape index (κ1) is 34.1. The first-order valence-corrected chi connectivity index (χ1v) is 19.6. The van der Waals surface area contributed by atoms with E-state index in [9.17, 15) is 0 Å². The van der Waals surface area contributed by atoms with Crippen LogP contribution in [0.25, 0.3) is 93.8 Å². The monoisotopic (exact) mass is 728 g/mol. The summed E-state index contributed by atoms with van der Waals surface area (Å²) in [5.41, 5.74) is 15.7. The minimum atomic E-state index is 0.764. The van der Waals surface area contributed by atoms with Gasteiger partial charge in [-0.1, -0.05) is 170 Å². The summed E-state index contributed by atoms with van der Waals surface area (Å²) >= 11 is 0. The zero-order valence-corrected chi connectivity index (χ0v) is 31.6. The predicted octanol–water partition coefficient (Wildman–Crippen LogP) is 14.9. The molecule has 2 heterocycles. The molecule has 0 aliphatic rings. The second kappa shape index (κ2) is 14.7. The average molecular weight is 729 g/mol. The Morgan fingerprint density at radius 3 is 1.35 bits per heavy atom. The summed E-state index contributed by atoms with van der Waals surface area (Å²) in [6, 6.07) is 68.6. The molecule has 2 aromatic heterocycles. The van der Waals surface area contributed by atoms with Gasteiger partial charge in [0.2, 0.25) is 0 Å². The van der Waals surface area contributed by atoms with Gasteiger partial charge in [-0.25, -0.2) is 0 Å². The van der Waals surface area contributed by atoms with Gasteiger partial charge in [-0.05, 0) is 99.1 Å². The average Bonchev–Trinajstić information content (AvgIpc) is 3.78. The molecule has 0 fully saturated rings. The zero-order chi connectivity index (χ0) is 38.1. The first-order valence-electron chi connectivity index (χ1n) is 19.6. The smallest absolute Gasteiger partial charge is 0.0541 e. The standard InChI is InChI=1S/C55H40N2/c1-2-3-4-5-15-34-56-52-31-25-44(36-49(52)48-30-24-46(38-55(48)56)41-20-13-8-14-21-41)45-27-33-54-51(37-45)50-35-43(40-18-11-7-12-19-40)26-32-53(50)57(54)47-28-22-42(23-29-47)39-16-9-6-10-17-39/h2-33,35-38H,1,34H2/b4-3-,15-5-. The molecule has 0 bridgehead atoms. The van der Waals surface area contributed by atoms with Crippen molar-refractivity contribution >= 4 is 43.6 Å². The first-order chi connectivity index (χ1) is 28.2. The Morgan fingerprint density at radius 2 is 0.789 bits per heavy atom. The Hall–Kier alpha value is -7.42. The highest BCUT2D eigenvalue weighted by Gasteiger charge is 2.17. The Balaban J connectivity index is 1.13. The van der Waals surface area contributed by atoms with Crippen LogP contribution in [-0.2, 0) is 6.54 Å². The summed E-state index contributed by atoms with van der Waals surface area (Å²) in [5, 5.41) is 4.99. The second-order valence-corrected chi connectivity index (χ2v) is 14.6. The van der Waals surface area contributed by atoms with Crippen molar-refractivity contribution in [3.05, 3.63) is 225 Å². The number of hydrogen-bond acceptors (Lipinski definition) is 0. The van der Waals surface area contributed by atoms with Crippen molar-refractivity contribution in [1.82, 2.24) is 9.13 Å². The van der Waals surface area contributed by atoms with Gasteiger partial charge in [-0.15, -0.1) is 0 Å². The van der Waals surface area contributed by atoms with E-state index in [0.717, 1.165) is 12.2 Å². The van der Waals surface area contributed by atoms with E-state index in [4.69, 9.17) is 0 Å². The molecule has 0 spiro atoms. The fourth-order valence-electron chi connectivity index (χ4n) is 8.40. The zero-order valence-electron chi connectivity index (χ0n) is 31.6. The highest BCUT2D eigenvalue weighted by atomic mass is 15.0. The molecule has 0 radical (unpaired) electrons. The largest absolute Gasteiger partial charge is 0.337 e. The van der Waals surface area contributed by atoms with E-state index in [-0.39, 0.29) is 0 Å². The maximum absolute atomic E-state index is 3.81. The maximum Gasteiger partial charge on any atom is 0.0541 e. The number of benzene rings is 8. The molecule has 10 aromatic rings. The predicted molar refractivity (Wildman–Crippen MR) is 244 cm³/mol. The van der Waals surface area contributed by atoms with Gasteiger partial charge in [0.15, 0.2) is 0 Å². The van der Waals surface area contributed by atoms with Crippen LogP contribution in [0.4, 0.5) is 0 Å². The third-order valence-electron chi connectivity index (χ3n) is 11.2. The van der Waals surface area contributed by atoms with Crippen molar-refractivity contribution in [2.24, 2.45) is 0 Å². The molecule has 2 heteroatoms. The van der Waals surface area contributed by atoms with E-state index < -0.39 is 0 Å². The van der Waals surface area contributed by atoms with Gasteiger partial charge >= 0.3 is 0 Å². The van der Waals surface area contributed by atoms with Crippen LogP contribution < -0.4 is 0 Å². The van der Waals surface area contributed by atoms with Gasteiger partial charge in [0.05, 0.1) is 16.6 Å². The number of rotatable bonds is 9. The van der Waals surface area contributed by atoms with E-state index in [2.05, 4.69) is 216 Å². The minimum Gasteiger partial charge on any atom is -0.337 e. The van der Waals surface area contributed by atoms with Crippen LogP contribution in [0.5, 0.6) is 0 Å². The lowest BCUT2D eigenvalue weighted by atomic mass is 9.99. The fraction of sp³-hybridized carbons (Fsp3) is 0.0182. The summed E-state index contributed by atoms with van der Waals surface area (Å²) in [4.78, 5) is 0. The Morgan fingerprint density at radius 1 is 0.351 bits per heavy atom. The van der Waals surface area contributed by atoms with Crippen molar-refractivity contribution in [2.75, 3.05) is 0 Å². The molecule has 8 aromatic carbocycles. The van der Waals surface area contributed by atoms with Crippen LogP contribution in [0, 0.1) is 0 Å². The summed E-state index contributed by atoms with van der Waals surface area (Å²) in [7, 11) is 0. The van der Waals surface area contributed by atoms with Crippen molar-refractivity contribution in [2.45, 2.75) is 6.54 Å². The lowest BCUT2D eigenvalue weighted by molar-refractivity contribution is 0.899. The second-order valence-electron chi connectivity index (χ2n) is 14.6. The molecule has 0 saturated heterocycles. The number of allylic oxidation sites excluding steroid dienone is 5. The Labute approximate surface area is 333 Å². The van der Waals surface area contributed by atoms with Gasteiger partial charge < -0.3 is 9.13 Å². The van der Waals surface area contributed by atoms with Gasteiger partial charge in [0, 0.05) is 39.3 Å². The summed E-state index contributed by atoms with van der Waals surface area (Å²) in [6.45, 7) is 4.57. The molecule has 0 aliphatic heterocycles. The van der Waals surface area contributed by atoms with Crippen molar-refractivity contribution < 1.29 is 0 Å². The molecule has 0 saturated carbocycles. The van der Waals surface area contributed by atoms with Gasteiger partial charge in [-0.2, -0.15) is 0 Å². The third-order valence-corrected chi connectivity index (χ3v) is 11.2. The Bertz CT molecular complexity index is 3120. The van der Waals surface area contributed by atoms with Crippen molar-refractivity contribution in [1.29, 1.82) is 0 Å². The van der Waals surface area contributed by atoms with Crippen LogP contribution in [0.3, 0.4) is 0 Å². The van der Waals surface area contributed by atoms with Crippen LogP contribution >= 0.6 is 0 Å². The van der Waals surface area contributed by atoms with Gasteiger partial charge in [-0.3, -0.25) is 0 Å². The Kier molecular flexibility index (Phi) is 8.78. The molecular weight excluding hydrogens is 689 g/mol. The minimum absolute atomic E-state index is 0.764. The maximum atomic E-state index is 3.81. The summed E-state index contributed by atoms with van der Waals surface area (Å²) in [5.74, 6) is 0. The summed E-state index contributed by atoms with van der Waals surface area (Å²) in [6.07, 6.45) is 10.1. The van der Waals surface area contributed by atoms with E-state index >= 15 is 0 Å². The molecule has 0 N–H and O–H groups in total. The van der Waals surface area contributed by atoms with Crippen LogP contribution in [-0.4, -0.2) is 9.13 Å². The molecule has 10 rings (SSSR count). The molecule has 0 unspecified atom stereocenters. The van der Waals surface area contributed by atoms with Crippen molar-refractivity contribution in [3.8, 4) is 50.2 Å². The van der Waals surface area contributed by atoms with Crippen LogP contribution in [0.15, 0.2) is 225 Å². The molecular formula is C55H40N2. The van der Waals surface area contributed by atoms with Gasteiger partial charge in [0.1, 0.15) is 0 Å². The number of fused-ring (bicyclic) bond motifs is 6. The molecule has 2 nitrogen and oxygen atoms in total. The van der Waals surface area contributed by atoms with Crippen LogP contribution in [0.1, 0.15) is 0 Å². The van der Waals surface area contributed by atoms with Crippen molar-refractivity contribution in [3.63, 3.8) is 0 Å². The molecule has 270 valence electrons. The lowest BCUT2D eigenvalue weighted by Crippen LogP contribution is -1.95.